The number of esters is 3. The summed E-state index contributed by atoms with van der Waals surface area (Å²) in [6.07, 6.45) is 69.6. The van der Waals surface area contributed by atoms with Gasteiger partial charge in [0.2, 0.25) is 0 Å². The molecule has 2 N–H and O–H groups in total. The van der Waals surface area contributed by atoms with E-state index in [1.165, 1.54) is 83.5 Å². The predicted octanol–water partition coefficient (Wildman–Crippen LogP) is 19.0. The van der Waals surface area contributed by atoms with Crippen molar-refractivity contribution in [2.24, 2.45) is 0 Å². The summed E-state index contributed by atoms with van der Waals surface area (Å²) in [7, 11) is -4.76. The molecular formula is C66H115O11P. The first kappa shape index (κ1) is 74.7. The van der Waals surface area contributed by atoms with Gasteiger partial charge < -0.3 is 24.2 Å². The van der Waals surface area contributed by atoms with E-state index in [1.54, 1.807) is 0 Å². The van der Waals surface area contributed by atoms with Crippen molar-refractivity contribution in [3.8, 4) is 0 Å². The van der Waals surface area contributed by atoms with Crippen LogP contribution in [0.5, 0.6) is 0 Å². The molecule has 0 aromatic rings. The average molecular weight is 1120 g/mol. The van der Waals surface area contributed by atoms with Gasteiger partial charge in [-0.05, 0) is 116 Å². The van der Waals surface area contributed by atoms with Crippen molar-refractivity contribution in [2.75, 3.05) is 26.4 Å². The number of aliphatic hydroxyl groups is 1. The third kappa shape index (κ3) is 57.3. The van der Waals surface area contributed by atoms with Crippen molar-refractivity contribution in [2.45, 2.75) is 290 Å². The molecule has 0 aliphatic heterocycles. The number of ether oxygens (including phenoxy) is 3. The summed E-state index contributed by atoms with van der Waals surface area (Å²) in [6, 6.07) is 0. The summed E-state index contributed by atoms with van der Waals surface area (Å²) in [5.41, 5.74) is 0. The van der Waals surface area contributed by atoms with Crippen LogP contribution in [0.4, 0.5) is 0 Å². The number of unbranched alkanes of at least 4 members (excludes halogenated alkanes) is 27. The molecule has 3 unspecified atom stereocenters. The highest BCUT2D eigenvalue weighted by Crippen LogP contribution is 2.43. The Morgan fingerprint density at radius 3 is 1.01 bits per heavy atom. The number of allylic oxidation sites excluding steroid dienone is 14. The van der Waals surface area contributed by atoms with Crippen LogP contribution >= 0.6 is 7.82 Å². The van der Waals surface area contributed by atoms with E-state index in [1.807, 2.05) is 0 Å². The third-order valence-electron chi connectivity index (χ3n) is 13.2. The summed E-state index contributed by atoms with van der Waals surface area (Å²) >= 11 is 0. The van der Waals surface area contributed by atoms with Gasteiger partial charge >= 0.3 is 25.7 Å². The molecule has 12 heteroatoms. The molecule has 0 heterocycles. The zero-order valence-corrected chi connectivity index (χ0v) is 50.8. The SMILES string of the molecule is CCC/C=C\C/C=C\CCCCCCCC(=O)OC(CO)COP(=O)(O)OCC(COC(=O)CCCCCCCC/C=C\C/C=C\C/C=C\CCCCC)OC(=O)CCCCCCCCCCC/C=C\C/C=C\CCCCC. The number of rotatable bonds is 58. The minimum absolute atomic E-state index is 0.156. The monoisotopic (exact) mass is 1110 g/mol. The van der Waals surface area contributed by atoms with E-state index in [0.717, 1.165) is 135 Å². The maximum absolute atomic E-state index is 13.0. The lowest BCUT2D eigenvalue weighted by atomic mass is 10.1. The second-order valence-corrected chi connectivity index (χ2v) is 22.3. The molecule has 0 amide bonds. The largest absolute Gasteiger partial charge is 0.472 e. The Balaban J connectivity index is 4.75. The van der Waals surface area contributed by atoms with Crippen LogP contribution in [0.3, 0.4) is 0 Å². The van der Waals surface area contributed by atoms with Crippen molar-refractivity contribution in [3.05, 3.63) is 85.1 Å². The third-order valence-corrected chi connectivity index (χ3v) is 14.2. The van der Waals surface area contributed by atoms with E-state index < -0.39 is 57.8 Å². The quantitative estimate of drug-likeness (QED) is 0.0197. The van der Waals surface area contributed by atoms with Crippen molar-refractivity contribution in [1.29, 1.82) is 0 Å². The highest BCUT2D eigenvalue weighted by Gasteiger charge is 2.28. The molecule has 0 rings (SSSR count). The fourth-order valence-corrected chi connectivity index (χ4v) is 9.22. The lowest BCUT2D eigenvalue weighted by Crippen LogP contribution is -2.30. The van der Waals surface area contributed by atoms with E-state index in [0.29, 0.717) is 19.3 Å². The molecule has 0 saturated carbocycles. The Morgan fingerprint density at radius 2 is 0.654 bits per heavy atom. The maximum Gasteiger partial charge on any atom is 0.472 e. The Morgan fingerprint density at radius 1 is 0.359 bits per heavy atom. The Labute approximate surface area is 477 Å². The van der Waals surface area contributed by atoms with Gasteiger partial charge in [-0.25, -0.2) is 4.57 Å². The summed E-state index contributed by atoms with van der Waals surface area (Å²) in [5, 5.41) is 9.83. The van der Waals surface area contributed by atoms with Gasteiger partial charge in [0, 0.05) is 19.3 Å². The minimum Gasteiger partial charge on any atom is -0.462 e. The molecule has 0 saturated heterocycles. The summed E-state index contributed by atoms with van der Waals surface area (Å²) in [6.45, 7) is 4.52. The molecule has 0 aliphatic rings. The number of phosphoric acid groups is 1. The van der Waals surface area contributed by atoms with Gasteiger partial charge in [0.1, 0.15) is 12.7 Å². The molecule has 0 aromatic heterocycles. The van der Waals surface area contributed by atoms with Crippen LogP contribution in [0.1, 0.15) is 278 Å². The highest BCUT2D eigenvalue weighted by atomic mass is 31.2. The van der Waals surface area contributed by atoms with Crippen molar-refractivity contribution < 1.29 is 52.2 Å². The summed E-state index contributed by atoms with van der Waals surface area (Å²) in [5.74, 6) is -1.49. The van der Waals surface area contributed by atoms with Gasteiger partial charge in [0.15, 0.2) is 6.10 Å². The smallest absolute Gasteiger partial charge is 0.462 e. The van der Waals surface area contributed by atoms with Gasteiger partial charge in [-0.3, -0.25) is 23.4 Å². The van der Waals surface area contributed by atoms with Crippen LogP contribution in [-0.4, -0.2) is 66.5 Å². The molecular weight excluding hydrogens is 1000 g/mol. The molecule has 0 fully saturated rings. The Bertz CT molecular complexity index is 1630. The number of phosphoric ester groups is 1. The van der Waals surface area contributed by atoms with E-state index in [4.69, 9.17) is 23.3 Å². The van der Waals surface area contributed by atoms with Crippen molar-refractivity contribution in [1.82, 2.24) is 0 Å². The number of aliphatic hydroxyl groups excluding tert-OH is 1. The van der Waals surface area contributed by atoms with Crippen LogP contribution in [0.15, 0.2) is 85.1 Å². The lowest BCUT2D eigenvalue weighted by molar-refractivity contribution is -0.161. The molecule has 0 radical (unpaired) electrons. The van der Waals surface area contributed by atoms with E-state index in [9.17, 15) is 28.9 Å². The zero-order chi connectivity index (χ0) is 56.9. The molecule has 0 bridgehead atoms. The first-order valence-electron chi connectivity index (χ1n) is 31.5. The number of hydrogen-bond acceptors (Lipinski definition) is 10. The topological polar surface area (TPSA) is 155 Å². The van der Waals surface area contributed by atoms with Crippen molar-refractivity contribution >= 4 is 25.7 Å². The number of carbonyl (C=O) groups is 3. The second-order valence-electron chi connectivity index (χ2n) is 20.9. The normalized spacial score (nSPS) is 13.9. The molecule has 0 aliphatic carbocycles. The molecule has 450 valence electrons. The van der Waals surface area contributed by atoms with E-state index >= 15 is 0 Å². The molecule has 78 heavy (non-hydrogen) atoms. The minimum atomic E-state index is -4.76. The van der Waals surface area contributed by atoms with E-state index in [2.05, 4.69) is 106 Å². The van der Waals surface area contributed by atoms with Gasteiger partial charge in [0.05, 0.1) is 19.8 Å². The van der Waals surface area contributed by atoms with Crippen LogP contribution in [0, 0.1) is 0 Å². The van der Waals surface area contributed by atoms with Gasteiger partial charge in [-0.15, -0.1) is 0 Å². The van der Waals surface area contributed by atoms with Crippen LogP contribution < -0.4 is 0 Å². The van der Waals surface area contributed by atoms with Crippen LogP contribution in [-0.2, 0) is 42.2 Å². The molecule has 3 atom stereocenters. The molecule has 0 spiro atoms. The summed E-state index contributed by atoms with van der Waals surface area (Å²) in [4.78, 5) is 48.7. The Kier molecular flexibility index (Phi) is 57.2. The first-order valence-corrected chi connectivity index (χ1v) is 33.0. The Hall–Kier alpha value is -3.34. The predicted molar refractivity (Wildman–Crippen MR) is 325 cm³/mol. The van der Waals surface area contributed by atoms with Crippen molar-refractivity contribution in [3.63, 3.8) is 0 Å². The number of hydrogen-bond donors (Lipinski definition) is 2. The average Bonchev–Trinajstić information content (AvgIpc) is 3.43. The molecule has 0 aromatic carbocycles. The fraction of sp³-hybridized carbons (Fsp3) is 0.742. The van der Waals surface area contributed by atoms with Gasteiger partial charge in [-0.2, -0.15) is 0 Å². The standard InChI is InChI=1S/C66H115O11P/c1-4-7-10-13-16-19-22-25-27-29-31-33-35-38-40-43-46-49-52-55-64(68)73-59-63(77-66(70)57-54-51-48-45-42-39-36-34-32-30-28-26-23-20-17-14-11-8-5-2)61-75-78(71,72)74-60-62(58-67)76-65(69)56-53-50-47-44-41-37-24-21-18-15-12-9-6-3/h12,15-17,19-21,24-28,31,33,62-63,67H,4-11,13-14,18,22-23,29-30,32,34-61H2,1-3H3,(H,71,72)/b15-12-,19-16-,20-17-,24-21-,27-25-,28-26-,33-31-. The second kappa shape index (κ2) is 59.8. The van der Waals surface area contributed by atoms with Gasteiger partial charge in [0.25, 0.3) is 0 Å². The highest BCUT2D eigenvalue weighted by molar-refractivity contribution is 7.47. The lowest BCUT2D eigenvalue weighted by Gasteiger charge is -2.21. The molecule has 11 nitrogen and oxygen atoms in total. The maximum atomic E-state index is 13.0. The van der Waals surface area contributed by atoms with Gasteiger partial charge in [-0.1, -0.05) is 228 Å². The first-order chi connectivity index (χ1) is 38.2. The van der Waals surface area contributed by atoms with Crippen LogP contribution in [0.25, 0.3) is 0 Å². The van der Waals surface area contributed by atoms with E-state index in [-0.39, 0.29) is 25.9 Å². The van der Waals surface area contributed by atoms with Crippen LogP contribution in [0.2, 0.25) is 0 Å². The number of carbonyl (C=O) groups excluding carboxylic acids is 3. The summed E-state index contributed by atoms with van der Waals surface area (Å²) < 4.78 is 39.6. The fourth-order valence-electron chi connectivity index (χ4n) is 8.43. The zero-order valence-electron chi connectivity index (χ0n) is 49.9.